The summed E-state index contributed by atoms with van der Waals surface area (Å²) in [4.78, 5) is 0. The van der Waals surface area contributed by atoms with Gasteiger partial charge in [-0.05, 0) is 47.2 Å². The maximum atomic E-state index is 12.4. The summed E-state index contributed by atoms with van der Waals surface area (Å²) in [5.74, 6) is -0.00764. The Morgan fingerprint density at radius 3 is 2.30 bits per heavy atom. The number of hydrogen-bond donors (Lipinski definition) is 0. The molecule has 0 bridgehead atoms. The molecule has 0 fully saturated rings. The number of benzene rings is 2. The first-order valence-electron chi connectivity index (χ1n) is 6.46. The van der Waals surface area contributed by atoms with Crippen LogP contribution in [0.15, 0.2) is 36.4 Å². The summed E-state index contributed by atoms with van der Waals surface area (Å²) in [5.41, 5.74) is 5.66. The molecule has 1 aliphatic rings. The van der Waals surface area contributed by atoms with Gasteiger partial charge in [-0.3, -0.25) is 0 Å². The second kappa shape index (κ2) is 4.61. The lowest BCUT2D eigenvalue weighted by molar-refractivity contribution is 0.593. The van der Waals surface area contributed by atoms with Crippen molar-refractivity contribution in [3.63, 3.8) is 0 Å². The van der Waals surface area contributed by atoms with Crippen molar-refractivity contribution in [3.8, 4) is 11.1 Å². The zero-order valence-corrected chi connectivity index (χ0v) is 12.9. The summed E-state index contributed by atoms with van der Waals surface area (Å²) >= 11 is 6.27. The number of fused-ring (bicyclic) bond motifs is 3. The molecular formula is C16H15ClO2S. The lowest BCUT2D eigenvalue weighted by Crippen LogP contribution is -2.09. The minimum atomic E-state index is -3.39. The van der Waals surface area contributed by atoms with E-state index in [1.165, 1.54) is 0 Å². The zero-order chi connectivity index (χ0) is 14.5. The van der Waals surface area contributed by atoms with Gasteiger partial charge in [0.25, 0.3) is 0 Å². The highest BCUT2D eigenvalue weighted by atomic mass is 35.5. The van der Waals surface area contributed by atoms with E-state index < -0.39 is 14.5 Å². The van der Waals surface area contributed by atoms with Crippen molar-refractivity contribution < 1.29 is 8.42 Å². The minimum absolute atomic E-state index is 0.00764. The summed E-state index contributed by atoms with van der Waals surface area (Å²) in [6.45, 7) is 4.01. The van der Waals surface area contributed by atoms with Gasteiger partial charge in [-0.25, -0.2) is 8.42 Å². The van der Waals surface area contributed by atoms with E-state index in [2.05, 4.69) is 0 Å². The monoisotopic (exact) mass is 306 g/mol. The van der Waals surface area contributed by atoms with Crippen LogP contribution < -0.4 is 0 Å². The molecule has 0 saturated heterocycles. The summed E-state index contributed by atoms with van der Waals surface area (Å²) in [6.07, 6.45) is 0. The Balaban J connectivity index is 2.49. The van der Waals surface area contributed by atoms with Crippen molar-refractivity contribution in [1.82, 2.24) is 0 Å². The number of alkyl halides is 1. The minimum Gasteiger partial charge on any atom is -0.227 e. The topological polar surface area (TPSA) is 34.1 Å². The van der Waals surface area contributed by atoms with Gasteiger partial charge in [0.2, 0.25) is 0 Å². The van der Waals surface area contributed by atoms with Gasteiger partial charge in [-0.1, -0.05) is 36.4 Å². The van der Waals surface area contributed by atoms with Crippen molar-refractivity contribution in [2.45, 2.75) is 24.3 Å². The first-order chi connectivity index (χ1) is 9.42. The molecule has 1 heterocycles. The smallest absolute Gasteiger partial charge is 0.175 e. The maximum Gasteiger partial charge on any atom is 0.175 e. The third kappa shape index (κ3) is 1.97. The fourth-order valence-electron chi connectivity index (χ4n) is 2.91. The van der Waals surface area contributed by atoms with Gasteiger partial charge in [0.1, 0.15) is 0 Å². The molecule has 0 aromatic heterocycles. The van der Waals surface area contributed by atoms with E-state index in [1.54, 1.807) is 0 Å². The average Bonchev–Trinajstić information content (AvgIpc) is 2.46. The van der Waals surface area contributed by atoms with Crippen LogP contribution in [0, 0.1) is 13.8 Å². The Morgan fingerprint density at radius 1 is 1.00 bits per heavy atom. The molecule has 0 N–H and O–H groups in total. The lowest BCUT2D eigenvalue weighted by atomic mass is 9.90. The highest BCUT2D eigenvalue weighted by molar-refractivity contribution is 7.92. The third-order valence-electron chi connectivity index (χ3n) is 3.83. The van der Waals surface area contributed by atoms with Crippen LogP contribution >= 0.6 is 11.6 Å². The molecule has 0 saturated carbocycles. The molecule has 1 unspecified atom stereocenters. The lowest BCUT2D eigenvalue weighted by Gasteiger charge is -2.15. The Labute approximate surface area is 124 Å². The molecular weight excluding hydrogens is 292 g/mol. The Morgan fingerprint density at radius 2 is 1.60 bits per heavy atom. The van der Waals surface area contributed by atoms with Crippen molar-refractivity contribution in [3.05, 3.63) is 58.7 Å². The molecule has 4 heteroatoms. The predicted octanol–water partition coefficient (Wildman–Crippen LogP) is 4.14. The van der Waals surface area contributed by atoms with Crippen LogP contribution in [0.1, 0.15) is 27.0 Å². The molecule has 2 aromatic carbocycles. The van der Waals surface area contributed by atoms with Gasteiger partial charge < -0.3 is 0 Å². The van der Waals surface area contributed by atoms with Crippen molar-refractivity contribution >= 4 is 21.4 Å². The number of sulfone groups is 1. The Kier molecular flexibility index (Phi) is 3.14. The van der Waals surface area contributed by atoms with E-state index in [-0.39, 0.29) is 5.75 Å². The van der Waals surface area contributed by atoms with Gasteiger partial charge in [-0.15, -0.1) is 11.6 Å². The van der Waals surface area contributed by atoms with E-state index in [0.29, 0.717) is 5.56 Å². The molecule has 2 nitrogen and oxygen atoms in total. The van der Waals surface area contributed by atoms with E-state index in [1.807, 2.05) is 50.2 Å². The van der Waals surface area contributed by atoms with Gasteiger partial charge in [0, 0.05) is 0 Å². The first kappa shape index (κ1) is 13.7. The van der Waals surface area contributed by atoms with Crippen LogP contribution in [0.2, 0.25) is 0 Å². The summed E-state index contributed by atoms with van der Waals surface area (Å²) in [7, 11) is -3.39. The van der Waals surface area contributed by atoms with E-state index >= 15 is 0 Å². The SMILES string of the molecule is Cc1cccc2c1-c1c(C)cccc1C(Cl)S(=O)(=O)C2. The molecule has 0 amide bonds. The molecule has 0 spiro atoms. The first-order valence-corrected chi connectivity index (χ1v) is 8.61. The van der Waals surface area contributed by atoms with Crippen LogP contribution in [-0.4, -0.2) is 8.42 Å². The van der Waals surface area contributed by atoms with Gasteiger partial charge in [0.15, 0.2) is 14.5 Å². The molecule has 1 aliphatic heterocycles. The molecule has 0 aliphatic carbocycles. The molecule has 1 atom stereocenters. The molecule has 0 radical (unpaired) electrons. The van der Waals surface area contributed by atoms with E-state index in [9.17, 15) is 8.42 Å². The van der Waals surface area contributed by atoms with Crippen LogP contribution in [0.3, 0.4) is 0 Å². The highest BCUT2D eigenvalue weighted by Gasteiger charge is 2.33. The highest BCUT2D eigenvalue weighted by Crippen LogP contribution is 2.44. The fourth-order valence-corrected chi connectivity index (χ4v) is 4.69. The second-order valence-corrected chi connectivity index (χ2v) is 8.05. The summed E-state index contributed by atoms with van der Waals surface area (Å²) < 4.78 is 23.9. The van der Waals surface area contributed by atoms with Crippen LogP contribution in [-0.2, 0) is 15.6 Å². The average molecular weight is 307 g/mol. The third-order valence-corrected chi connectivity index (χ3v) is 6.48. The van der Waals surface area contributed by atoms with Crippen molar-refractivity contribution in [2.24, 2.45) is 0 Å². The summed E-state index contributed by atoms with van der Waals surface area (Å²) in [5, 5.41) is 0. The van der Waals surface area contributed by atoms with Crippen LogP contribution in [0.25, 0.3) is 11.1 Å². The molecule has 3 rings (SSSR count). The fraction of sp³-hybridized carbons (Fsp3) is 0.250. The standard InChI is InChI=1S/C16H15ClO2S/c1-10-5-3-7-12-9-20(18,19)16(17)13-8-4-6-11(2)15(13)14(10)12/h3-8,16H,9H2,1-2H3. The largest absolute Gasteiger partial charge is 0.227 e. The number of rotatable bonds is 0. The van der Waals surface area contributed by atoms with E-state index in [4.69, 9.17) is 11.6 Å². The second-order valence-electron chi connectivity index (χ2n) is 5.27. The molecule has 104 valence electrons. The number of hydrogen-bond acceptors (Lipinski definition) is 2. The predicted molar refractivity (Wildman–Crippen MR) is 82.6 cm³/mol. The van der Waals surface area contributed by atoms with Gasteiger partial charge in [-0.2, -0.15) is 0 Å². The maximum absolute atomic E-state index is 12.4. The van der Waals surface area contributed by atoms with Gasteiger partial charge in [0.05, 0.1) is 5.75 Å². The normalized spacial score (nSPS) is 19.9. The molecule has 2 aromatic rings. The Hall–Kier alpha value is -1.32. The van der Waals surface area contributed by atoms with Crippen molar-refractivity contribution in [2.75, 3.05) is 0 Å². The number of aryl methyl sites for hydroxylation is 2. The van der Waals surface area contributed by atoms with E-state index in [0.717, 1.165) is 27.8 Å². The number of halogens is 1. The van der Waals surface area contributed by atoms with Crippen LogP contribution in [0.4, 0.5) is 0 Å². The van der Waals surface area contributed by atoms with Crippen molar-refractivity contribution in [1.29, 1.82) is 0 Å². The quantitative estimate of drug-likeness (QED) is 0.686. The molecule has 20 heavy (non-hydrogen) atoms. The zero-order valence-electron chi connectivity index (χ0n) is 11.4. The summed E-state index contributed by atoms with van der Waals surface area (Å²) in [6, 6.07) is 11.5. The Bertz CT molecular complexity index is 794. The van der Waals surface area contributed by atoms with Crippen LogP contribution in [0.5, 0.6) is 0 Å². The van der Waals surface area contributed by atoms with Gasteiger partial charge >= 0.3 is 0 Å².